The Bertz CT molecular complexity index is 184. The highest BCUT2D eigenvalue weighted by Gasteiger charge is 2.12. The van der Waals surface area contributed by atoms with Crippen LogP contribution in [0.25, 0.3) is 0 Å². The van der Waals surface area contributed by atoms with Crippen LogP contribution >= 0.6 is 15.9 Å². The van der Waals surface area contributed by atoms with Crippen LogP contribution in [0.15, 0.2) is 0 Å². The van der Waals surface area contributed by atoms with E-state index in [1.807, 2.05) is 6.92 Å². The predicted molar refractivity (Wildman–Crippen MR) is 53.1 cm³/mol. The van der Waals surface area contributed by atoms with E-state index in [1.54, 1.807) is 0 Å². The third kappa shape index (κ3) is 4.87. The van der Waals surface area contributed by atoms with Crippen molar-refractivity contribution in [2.45, 2.75) is 13.3 Å². The van der Waals surface area contributed by atoms with E-state index in [9.17, 15) is 9.59 Å². The molecule has 0 saturated carbocycles. The largest absolute Gasteiger partial charge is 0.453 e. The van der Waals surface area contributed by atoms with Crippen molar-refractivity contribution in [2.75, 3.05) is 25.5 Å². The van der Waals surface area contributed by atoms with Gasteiger partial charge in [0.1, 0.15) is 5.78 Å². The SMILES string of the molecule is CCN(CCC(=O)CBr)C(=O)OC. The minimum Gasteiger partial charge on any atom is -0.453 e. The molecule has 0 radical (unpaired) electrons. The summed E-state index contributed by atoms with van der Waals surface area (Å²) in [6.45, 7) is 2.82. The van der Waals surface area contributed by atoms with Gasteiger partial charge in [0.25, 0.3) is 0 Å². The molecule has 0 rings (SSSR count). The Balaban J connectivity index is 3.85. The topological polar surface area (TPSA) is 46.6 Å². The van der Waals surface area contributed by atoms with Crippen molar-refractivity contribution in [3.63, 3.8) is 0 Å². The number of alkyl halides is 1. The quantitative estimate of drug-likeness (QED) is 0.695. The van der Waals surface area contributed by atoms with E-state index >= 15 is 0 Å². The summed E-state index contributed by atoms with van der Waals surface area (Å²) < 4.78 is 4.53. The molecule has 0 aliphatic carbocycles. The Hall–Kier alpha value is -0.580. The molecular formula is C8H14BrNO3. The molecule has 0 heterocycles. The van der Waals surface area contributed by atoms with Crippen LogP contribution in [-0.2, 0) is 9.53 Å². The molecule has 0 atom stereocenters. The molecule has 13 heavy (non-hydrogen) atoms. The van der Waals surface area contributed by atoms with E-state index in [0.29, 0.717) is 24.8 Å². The molecule has 0 spiro atoms. The van der Waals surface area contributed by atoms with E-state index in [4.69, 9.17) is 0 Å². The fourth-order valence-electron chi connectivity index (χ4n) is 0.834. The summed E-state index contributed by atoms with van der Waals surface area (Å²) in [6, 6.07) is 0. The van der Waals surface area contributed by atoms with E-state index in [1.165, 1.54) is 12.0 Å². The van der Waals surface area contributed by atoms with Gasteiger partial charge in [-0.1, -0.05) is 15.9 Å². The number of halogens is 1. The van der Waals surface area contributed by atoms with Gasteiger partial charge in [-0.05, 0) is 6.92 Å². The Morgan fingerprint density at radius 1 is 1.46 bits per heavy atom. The second-order valence-electron chi connectivity index (χ2n) is 2.47. The molecule has 0 fully saturated rings. The number of carbonyl (C=O) groups excluding carboxylic acids is 2. The lowest BCUT2D eigenvalue weighted by molar-refractivity contribution is -0.116. The molecule has 0 bridgehead atoms. The first-order chi connectivity index (χ1) is 6.15. The number of nitrogens with zero attached hydrogens (tertiary/aromatic N) is 1. The summed E-state index contributed by atoms with van der Waals surface area (Å²) in [5.41, 5.74) is 0. The van der Waals surface area contributed by atoms with Gasteiger partial charge in [0.2, 0.25) is 0 Å². The van der Waals surface area contributed by atoms with E-state index in [-0.39, 0.29) is 11.9 Å². The zero-order valence-corrected chi connectivity index (χ0v) is 9.46. The molecule has 0 aliphatic heterocycles. The van der Waals surface area contributed by atoms with Crippen LogP contribution < -0.4 is 0 Å². The summed E-state index contributed by atoms with van der Waals surface area (Å²) in [7, 11) is 1.33. The maximum Gasteiger partial charge on any atom is 0.409 e. The molecule has 0 saturated heterocycles. The molecule has 0 N–H and O–H groups in total. The van der Waals surface area contributed by atoms with Crippen LogP contribution in [0.4, 0.5) is 4.79 Å². The highest BCUT2D eigenvalue weighted by Crippen LogP contribution is 1.97. The fraction of sp³-hybridized carbons (Fsp3) is 0.750. The van der Waals surface area contributed by atoms with Crippen molar-refractivity contribution in [3.05, 3.63) is 0 Å². The summed E-state index contributed by atoms with van der Waals surface area (Å²) >= 11 is 3.06. The minimum atomic E-state index is -0.384. The van der Waals surface area contributed by atoms with Gasteiger partial charge >= 0.3 is 6.09 Å². The lowest BCUT2D eigenvalue weighted by Crippen LogP contribution is -2.32. The van der Waals surface area contributed by atoms with Crippen molar-refractivity contribution in [3.8, 4) is 0 Å². The third-order valence-electron chi connectivity index (χ3n) is 1.62. The average molecular weight is 252 g/mol. The van der Waals surface area contributed by atoms with Crippen molar-refractivity contribution in [2.24, 2.45) is 0 Å². The van der Waals surface area contributed by atoms with Crippen molar-refractivity contribution in [1.82, 2.24) is 4.90 Å². The molecule has 0 aromatic heterocycles. The van der Waals surface area contributed by atoms with Crippen LogP contribution in [0.5, 0.6) is 0 Å². The first-order valence-electron chi connectivity index (χ1n) is 4.06. The molecule has 0 aliphatic rings. The van der Waals surface area contributed by atoms with E-state index < -0.39 is 0 Å². The minimum absolute atomic E-state index is 0.0855. The number of Topliss-reactive ketones (excluding diaryl/α,β-unsaturated/α-hetero) is 1. The summed E-state index contributed by atoms with van der Waals surface area (Å²) in [6.07, 6.45) is -0.0151. The van der Waals surface area contributed by atoms with E-state index in [2.05, 4.69) is 20.7 Å². The summed E-state index contributed by atoms with van der Waals surface area (Å²) in [5.74, 6) is 0.0855. The number of hydrogen-bond donors (Lipinski definition) is 0. The van der Waals surface area contributed by atoms with Crippen LogP contribution in [0.1, 0.15) is 13.3 Å². The second-order valence-corrected chi connectivity index (χ2v) is 3.03. The van der Waals surface area contributed by atoms with Gasteiger partial charge in [0, 0.05) is 19.5 Å². The predicted octanol–water partition coefficient (Wildman–Crippen LogP) is 1.43. The number of ether oxygens (including phenoxy) is 1. The van der Waals surface area contributed by atoms with Gasteiger partial charge in [-0.2, -0.15) is 0 Å². The number of methoxy groups -OCH3 is 1. The molecule has 76 valence electrons. The standard InChI is InChI=1S/C8H14BrNO3/c1-3-10(8(12)13-2)5-4-7(11)6-9/h3-6H2,1-2H3. The number of rotatable bonds is 5. The summed E-state index contributed by atoms with van der Waals surface area (Å²) in [4.78, 5) is 23.4. The zero-order chi connectivity index (χ0) is 10.3. The lowest BCUT2D eigenvalue weighted by Gasteiger charge is -2.18. The van der Waals surface area contributed by atoms with Gasteiger partial charge in [0.05, 0.1) is 12.4 Å². The molecule has 0 aromatic carbocycles. The Morgan fingerprint density at radius 3 is 2.46 bits per heavy atom. The molecule has 4 nitrogen and oxygen atoms in total. The van der Waals surface area contributed by atoms with Crippen LogP contribution in [0.3, 0.4) is 0 Å². The van der Waals surface area contributed by atoms with Gasteiger partial charge in [0.15, 0.2) is 0 Å². The maximum absolute atomic E-state index is 11.0. The Kier molecular flexibility index (Phi) is 6.58. The molecule has 0 aromatic rings. The molecular weight excluding hydrogens is 238 g/mol. The second kappa shape index (κ2) is 6.88. The highest BCUT2D eigenvalue weighted by molar-refractivity contribution is 9.09. The van der Waals surface area contributed by atoms with Crippen LogP contribution in [0.2, 0.25) is 0 Å². The maximum atomic E-state index is 11.0. The Morgan fingerprint density at radius 2 is 2.08 bits per heavy atom. The van der Waals surface area contributed by atoms with Crippen molar-refractivity contribution < 1.29 is 14.3 Å². The average Bonchev–Trinajstić information content (AvgIpc) is 2.17. The normalized spacial score (nSPS) is 9.46. The zero-order valence-electron chi connectivity index (χ0n) is 7.88. The first kappa shape index (κ1) is 12.4. The monoisotopic (exact) mass is 251 g/mol. The Labute approximate surface area is 86.4 Å². The molecule has 1 amide bonds. The number of hydrogen-bond acceptors (Lipinski definition) is 3. The number of carbonyl (C=O) groups is 2. The van der Waals surface area contributed by atoms with Crippen LogP contribution in [-0.4, -0.2) is 42.3 Å². The van der Waals surface area contributed by atoms with Gasteiger partial charge < -0.3 is 9.64 Å². The summed E-state index contributed by atoms with van der Waals surface area (Å²) in [5, 5.41) is 0.339. The fourth-order valence-corrected chi connectivity index (χ4v) is 1.11. The number of ketones is 1. The third-order valence-corrected chi connectivity index (χ3v) is 2.25. The van der Waals surface area contributed by atoms with Crippen molar-refractivity contribution in [1.29, 1.82) is 0 Å². The molecule has 0 unspecified atom stereocenters. The van der Waals surface area contributed by atoms with Crippen molar-refractivity contribution >= 4 is 27.8 Å². The smallest absolute Gasteiger partial charge is 0.409 e. The van der Waals surface area contributed by atoms with Gasteiger partial charge in [-0.15, -0.1) is 0 Å². The molecule has 5 heteroatoms. The first-order valence-corrected chi connectivity index (χ1v) is 5.18. The van der Waals surface area contributed by atoms with Crippen LogP contribution in [0, 0.1) is 0 Å². The van der Waals surface area contributed by atoms with E-state index in [0.717, 1.165) is 0 Å². The lowest BCUT2D eigenvalue weighted by atomic mass is 10.3. The van der Waals surface area contributed by atoms with Gasteiger partial charge in [-0.3, -0.25) is 4.79 Å². The van der Waals surface area contributed by atoms with Gasteiger partial charge in [-0.25, -0.2) is 4.79 Å². The highest BCUT2D eigenvalue weighted by atomic mass is 79.9. The number of amides is 1.